The van der Waals surface area contributed by atoms with Gasteiger partial charge in [0.05, 0.1) is 20.2 Å². The number of hydrogen-bond donors (Lipinski definition) is 0. The number of thioether (sulfide) groups is 1. The van der Waals surface area contributed by atoms with E-state index in [1.54, 1.807) is 43.1 Å². The molecule has 0 saturated heterocycles. The Morgan fingerprint density at radius 3 is 2.78 bits per heavy atom. The summed E-state index contributed by atoms with van der Waals surface area (Å²) in [6, 6.07) is 7.21. The minimum Gasteiger partial charge on any atom is -0.497 e. The van der Waals surface area contributed by atoms with Crippen LogP contribution in [0.25, 0.3) is 0 Å². The number of Topliss-reactive ketones (excluding diaryl/α,β-unsaturated/α-hetero) is 1. The van der Waals surface area contributed by atoms with Crippen LogP contribution in [0.2, 0.25) is 0 Å². The van der Waals surface area contributed by atoms with E-state index < -0.39 is 0 Å². The van der Waals surface area contributed by atoms with Crippen LogP contribution in [0.1, 0.15) is 10.4 Å². The fourth-order valence-corrected chi connectivity index (χ4v) is 2.48. The number of nitrogens with zero attached hydrogens (tertiary/aromatic N) is 2. The average molecular weight is 264 g/mol. The van der Waals surface area contributed by atoms with Crippen LogP contribution in [0.5, 0.6) is 5.75 Å². The van der Waals surface area contributed by atoms with E-state index in [4.69, 9.17) is 4.74 Å². The van der Waals surface area contributed by atoms with Gasteiger partial charge in [0, 0.05) is 12.1 Å². The van der Waals surface area contributed by atoms with Crippen molar-refractivity contribution in [3.8, 4) is 5.75 Å². The summed E-state index contributed by atoms with van der Waals surface area (Å²) in [7, 11) is 1.61. The Hall–Kier alpha value is -1.49. The van der Waals surface area contributed by atoms with E-state index in [-0.39, 0.29) is 5.78 Å². The van der Waals surface area contributed by atoms with E-state index in [0.29, 0.717) is 12.1 Å². The van der Waals surface area contributed by atoms with Gasteiger partial charge in [-0.15, -0.1) is 0 Å². The van der Waals surface area contributed by atoms with Crippen LogP contribution in [0.3, 0.4) is 0 Å². The minimum atomic E-state index is 0.112. The number of rotatable bonds is 4. The zero-order chi connectivity index (χ0) is 13.0. The van der Waals surface area contributed by atoms with E-state index in [1.807, 2.05) is 11.2 Å². The van der Waals surface area contributed by atoms with Crippen molar-refractivity contribution in [3.63, 3.8) is 0 Å². The average Bonchev–Trinajstić information content (AvgIpc) is 2.86. The third kappa shape index (κ3) is 2.85. The topological polar surface area (TPSA) is 41.9 Å². The maximum absolute atomic E-state index is 12.1. The molecule has 0 fully saturated rings. The van der Waals surface area contributed by atoms with Crippen molar-refractivity contribution >= 4 is 22.7 Å². The Morgan fingerprint density at radius 1 is 1.44 bits per heavy atom. The quantitative estimate of drug-likeness (QED) is 0.779. The Morgan fingerprint density at radius 2 is 2.17 bits per heavy atom. The highest BCUT2D eigenvalue weighted by atomic mass is 32.2. The molecule has 0 radical (unpaired) electrons. The summed E-state index contributed by atoms with van der Waals surface area (Å²) < 4.78 is 5.07. The van der Waals surface area contributed by atoms with Crippen LogP contribution in [0, 0.1) is 0 Å². The molecule has 18 heavy (non-hydrogen) atoms. The molecule has 1 aliphatic heterocycles. The van der Waals surface area contributed by atoms with Gasteiger partial charge in [-0.1, -0.05) is 11.8 Å². The standard InChI is InChI=1S/C13H16N2O2S/c1-17-11-5-3-10(4-6-11)12(16)9-15-8-7-14-13(15)18-2/h3-6H,7-9H2,1-2H3. The molecule has 5 heteroatoms. The third-order valence-corrected chi connectivity index (χ3v) is 3.57. The number of carbonyl (C=O) groups excluding carboxylic acids is 1. The summed E-state index contributed by atoms with van der Waals surface area (Å²) >= 11 is 1.59. The third-order valence-electron chi connectivity index (χ3n) is 2.82. The number of amidine groups is 1. The van der Waals surface area contributed by atoms with Gasteiger partial charge in [-0.05, 0) is 30.5 Å². The van der Waals surface area contributed by atoms with Crippen LogP contribution in [0.15, 0.2) is 29.3 Å². The number of ketones is 1. The number of hydrogen-bond acceptors (Lipinski definition) is 5. The number of ether oxygens (including phenoxy) is 1. The highest BCUT2D eigenvalue weighted by molar-refractivity contribution is 8.13. The molecule has 1 aromatic carbocycles. The largest absolute Gasteiger partial charge is 0.497 e. The van der Waals surface area contributed by atoms with Gasteiger partial charge in [-0.3, -0.25) is 9.79 Å². The van der Waals surface area contributed by atoms with Crippen molar-refractivity contribution < 1.29 is 9.53 Å². The van der Waals surface area contributed by atoms with Gasteiger partial charge < -0.3 is 9.64 Å². The van der Waals surface area contributed by atoms with Gasteiger partial charge >= 0.3 is 0 Å². The first-order valence-corrected chi connectivity index (χ1v) is 6.97. The molecule has 0 unspecified atom stereocenters. The summed E-state index contributed by atoms with van der Waals surface area (Å²) in [6.45, 7) is 2.01. The van der Waals surface area contributed by atoms with Crippen molar-refractivity contribution in [3.05, 3.63) is 29.8 Å². The molecule has 0 atom stereocenters. The molecule has 0 N–H and O–H groups in total. The molecule has 4 nitrogen and oxygen atoms in total. The van der Waals surface area contributed by atoms with Crippen molar-refractivity contribution in [1.82, 2.24) is 4.90 Å². The van der Waals surface area contributed by atoms with Crippen LogP contribution < -0.4 is 4.74 Å². The van der Waals surface area contributed by atoms with Crippen molar-refractivity contribution in [2.45, 2.75) is 0 Å². The molecular weight excluding hydrogens is 248 g/mol. The second kappa shape index (κ2) is 5.91. The molecular formula is C13H16N2O2S. The second-order valence-corrected chi connectivity index (χ2v) is 4.72. The smallest absolute Gasteiger partial charge is 0.182 e. The summed E-state index contributed by atoms with van der Waals surface area (Å²) in [5.41, 5.74) is 0.711. The lowest BCUT2D eigenvalue weighted by molar-refractivity contribution is 0.0967. The minimum absolute atomic E-state index is 0.112. The van der Waals surface area contributed by atoms with E-state index in [9.17, 15) is 4.79 Å². The van der Waals surface area contributed by atoms with E-state index in [2.05, 4.69) is 4.99 Å². The SMILES string of the molecule is COc1ccc(C(=O)CN2CCN=C2SC)cc1. The van der Waals surface area contributed by atoms with Gasteiger partial charge in [0.25, 0.3) is 0 Å². The molecule has 0 saturated carbocycles. The monoisotopic (exact) mass is 264 g/mol. The molecule has 0 amide bonds. The summed E-state index contributed by atoms with van der Waals surface area (Å²) in [5.74, 6) is 0.875. The first-order chi connectivity index (χ1) is 8.74. The Labute approximate surface area is 111 Å². The van der Waals surface area contributed by atoms with Crippen LogP contribution in [0.4, 0.5) is 0 Å². The Bertz CT molecular complexity index is 457. The maximum atomic E-state index is 12.1. The van der Waals surface area contributed by atoms with Crippen LogP contribution in [-0.4, -0.2) is 48.9 Å². The van der Waals surface area contributed by atoms with Gasteiger partial charge in [0.15, 0.2) is 11.0 Å². The van der Waals surface area contributed by atoms with Gasteiger partial charge in [-0.2, -0.15) is 0 Å². The first kappa shape index (κ1) is 13.0. The van der Waals surface area contributed by atoms with Gasteiger partial charge in [0.2, 0.25) is 0 Å². The number of aliphatic imine (C=N–C) groups is 1. The Balaban J connectivity index is 2.01. The highest BCUT2D eigenvalue weighted by Crippen LogP contribution is 2.15. The molecule has 1 aliphatic rings. The lowest BCUT2D eigenvalue weighted by Gasteiger charge is -2.17. The van der Waals surface area contributed by atoms with Crippen molar-refractivity contribution in [1.29, 1.82) is 0 Å². The predicted molar refractivity (Wildman–Crippen MR) is 74.7 cm³/mol. The molecule has 0 aromatic heterocycles. The molecule has 0 bridgehead atoms. The maximum Gasteiger partial charge on any atom is 0.182 e. The van der Waals surface area contributed by atoms with E-state index in [0.717, 1.165) is 24.0 Å². The summed E-state index contributed by atoms with van der Waals surface area (Å²) in [5, 5.41) is 0.955. The predicted octanol–water partition coefficient (Wildman–Crippen LogP) is 1.91. The van der Waals surface area contributed by atoms with E-state index >= 15 is 0 Å². The highest BCUT2D eigenvalue weighted by Gasteiger charge is 2.19. The molecule has 0 aliphatic carbocycles. The van der Waals surface area contributed by atoms with Crippen LogP contribution in [-0.2, 0) is 0 Å². The molecule has 96 valence electrons. The molecule has 1 heterocycles. The lowest BCUT2D eigenvalue weighted by atomic mass is 10.1. The van der Waals surface area contributed by atoms with E-state index in [1.165, 1.54) is 0 Å². The molecule has 0 spiro atoms. The Kier molecular flexibility index (Phi) is 4.25. The van der Waals surface area contributed by atoms with Crippen molar-refractivity contribution in [2.75, 3.05) is 33.0 Å². The number of benzene rings is 1. The van der Waals surface area contributed by atoms with Gasteiger partial charge in [0.1, 0.15) is 5.75 Å². The summed E-state index contributed by atoms with van der Waals surface area (Å²) in [4.78, 5) is 18.5. The number of carbonyl (C=O) groups is 1. The molecule has 2 rings (SSSR count). The molecule has 1 aromatic rings. The fraction of sp³-hybridized carbons (Fsp3) is 0.385. The lowest BCUT2D eigenvalue weighted by Crippen LogP contribution is -2.31. The first-order valence-electron chi connectivity index (χ1n) is 5.75. The zero-order valence-corrected chi connectivity index (χ0v) is 11.4. The van der Waals surface area contributed by atoms with Crippen LogP contribution >= 0.6 is 11.8 Å². The number of methoxy groups -OCH3 is 1. The zero-order valence-electron chi connectivity index (χ0n) is 10.5. The summed E-state index contributed by atoms with van der Waals surface area (Å²) in [6.07, 6.45) is 1.98. The second-order valence-electron chi connectivity index (χ2n) is 3.94. The van der Waals surface area contributed by atoms with Crippen molar-refractivity contribution in [2.24, 2.45) is 4.99 Å². The van der Waals surface area contributed by atoms with Gasteiger partial charge in [-0.25, -0.2) is 0 Å². The fourth-order valence-electron chi connectivity index (χ4n) is 1.84. The normalized spacial score (nSPS) is 14.6.